The SMILES string of the molecule is C=C1CCC2C3(C)COC(c4cccs4)OC3CCC2(C)C1C/C=C1/C(=O)OCC1O. The number of hydrogen-bond donors (Lipinski definition) is 1. The minimum atomic E-state index is -0.810. The van der Waals surface area contributed by atoms with Gasteiger partial charge in [-0.1, -0.05) is 38.1 Å². The lowest BCUT2D eigenvalue weighted by Gasteiger charge is -2.62. The fourth-order valence-electron chi connectivity index (χ4n) is 6.77. The molecule has 1 N–H and O–H groups in total. The average Bonchev–Trinajstić information content (AvgIpc) is 3.38. The van der Waals surface area contributed by atoms with E-state index < -0.39 is 6.10 Å². The lowest BCUT2D eigenvalue weighted by Crippen LogP contribution is -2.60. The molecule has 6 heteroatoms. The van der Waals surface area contributed by atoms with Crippen LogP contribution in [0.2, 0.25) is 0 Å². The third kappa shape index (κ3) is 3.43. The summed E-state index contributed by atoms with van der Waals surface area (Å²) in [5.74, 6) is 0.338. The molecule has 4 aliphatic rings. The van der Waals surface area contributed by atoms with Crippen molar-refractivity contribution in [2.24, 2.45) is 22.7 Å². The van der Waals surface area contributed by atoms with Crippen molar-refractivity contribution >= 4 is 17.3 Å². The molecule has 4 fully saturated rings. The summed E-state index contributed by atoms with van der Waals surface area (Å²) in [7, 11) is 0. The van der Waals surface area contributed by atoms with Gasteiger partial charge in [0.2, 0.25) is 0 Å². The van der Waals surface area contributed by atoms with E-state index in [-0.39, 0.29) is 41.7 Å². The van der Waals surface area contributed by atoms with Gasteiger partial charge in [-0.05, 0) is 60.8 Å². The minimum Gasteiger partial charge on any atom is -0.459 e. The number of thiophene rings is 1. The number of carbonyl (C=O) groups is 1. The Hall–Kier alpha value is -1.47. The highest BCUT2D eigenvalue weighted by Crippen LogP contribution is 2.64. The summed E-state index contributed by atoms with van der Waals surface area (Å²) in [5, 5.41) is 12.1. The summed E-state index contributed by atoms with van der Waals surface area (Å²) >= 11 is 1.68. The molecule has 0 amide bonds. The van der Waals surface area contributed by atoms with Gasteiger partial charge in [-0.15, -0.1) is 11.3 Å². The first-order valence-electron chi connectivity index (χ1n) is 11.4. The Kier molecular flexibility index (Phi) is 5.40. The van der Waals surface area contributed by atoms with E-state index in [1.54, 1.807) is 11.3 Å². The van der Waals surface area contributed by atoms with Crippen LogP contribution in [-0.2, 0) is 19.0 Å². The summed E-state index contributed by atoms with van der Waals surface area (Å²) in [4.78, 5) is 13.1. The van der Waals surface area contributed by atoms with Crippen molar-refractivity contribution in [3.05, 3.63) is 46.2 Å². The van der Waals surface area contributed by atoms with Crippen LogP contribution in [0.4, 0.5) is 0 Å². The van der Waals surface area contributed by atoms with Crippen molar-refractivity contribution in [3.8, 4) is 0 Å². The number of allylic oxidation sites excluding steroid dienone is 2. The van der Waals surface area contributed by atoms with Crippen LogP contribution >= 0.6 is 11.3 Å². The maximum atomic E-state index is 12.0. The quantitative estimate of drug-likeness (QED) is 0.413. The fraction of sp³-hybridized carbons (Fsp3) is 0.640. The van der Waals surface area contributed by atoms with Crippen molar-refractivity contribution in [3.63, 3.8) is 0 Å². The summed E-state index contributed by atoms with van der Waals surface area (Å²) in [5.41, 5.74) is 1.68. The van der Waals surface area contributed by atoms with Gasteiger partial charge in [-0.3, -0.25) is 0 Å². The molecule has 0 bridgehead atoms. The van der Waals surface area contributed by atoms with Crippen molar-refractivity contribution in [2.75, 3.05) is 13.2 Å². The second kappa shape index (κ2) is 7.84. The van der Waals surface area contributed by atoms with Gasteiger partial charge < -0.3 is 19.3 Å². The van der Waals surface area contributed by atoms with Crippen molar-refractivity contribution in [1.29, 1.82) is 0 Å². The molecule has 2 saturated heterocycles. The molecule has 2 aliphatic carbocycles. The first-order chi connectivity index (χ1) is 14.8. The van der Waals surface area contributed by atoms with Gasteiger partial charge in [0.1, 0.15) is 12.7 Å². The normalized spacial score (nSPS) is 44.1. The molecular formula is C25H32O5S. The Balaban J connectivity index is 1.38. The largest absolute Gasteiger partial charge is 0.459 e. The summed E-state index contributed by atoms with van der Waals surface area (Å²) in [6.45, 7) is 9.91. The Morgan fingerprint density at radius 3 is 2.87 bits per heavy atom. The third-order valence-corrected chi connectivity index (χ3v) is 9.36. The highest BCUT2D eigenvalue weighted by Gasteiger charge is 2.60. The number of ether oxygens (including phenoxy) is 3. The molecule has 7 atom stereocenters. The standard InChI is InChI=1S/C25H32O5S/c1-15-6-9-20-24(2,17(15)8-7-16-18(26)13-28-22(16)27)11-10-21-25(20,3)14-29-23(30-21)19-5-4-12-31-19/h4-5,7,12,17-18,20-21,23,26H,1,6,8-11,13-14H2,2-3H3/b16-7+. The van der Waals surface area contributed by atoms with Crippen LogP contribution in [0.3, 0.4) is 0 Å². The second-order valence-corrected chi connectivity index (χ2v) is 11.1. The molecule has 5 nitrogen and oxygen atoms in total. The topological polar surface area (TPSA) is 65.0 Å². The van der Waals surface area contributed by atoms with E-state index in [1.165, 1.54) is 5.57 Å². The lowest BCUT2D eigenvalue weighted by molar-refractivity contribution is -0.306. The molecule has 1 aromatic heterocycles. The van der Waals surface area contributed by atoms with Gasteiger partial charge in [-0.25, -0.2) is 4.79 Å². The number of cyclic esters (lactones) is 1. The van der Waals surface area contributed by atoms with Crippen molar-refractivity contribution in [1.82, 2.24) is 0 Å². The van der Waals surface area contributed by atoms with E-state index >= 15 is 0 Å². The maximum Gasteiger partial charge on any atom is 0.336 e. The molecule has 1 aromatic rings. The van der Waals surface area contributed by atoms with Crippen LogP contribution < -0.4 is 0 Å². The number of aliphatic hydroxyl groups excluding tert-OH is 1. The first kappa shape index (κ1) is 21.4. The van der Waals surface area contributed by atoms with Crippen LogP contribution in [-0.4, -0.2) is 36.5 Å². The number of fused-ring (bicyclic) bond motifs is 3. The Morgan fingerprint density at radius 2 is 2.16 bits per heavy atom. The van der Waals surface area contributed by atoms with Crippen LogP contribution in [0.1, 0.15) is 57.1 Å². The Morgan fingerprint density at radius 1 is 1.32 bits per heavy atom. The van der Waals surface area contributed by atoms with Crippen LogP contribution in [0.15, 0.2) is 41.3 Å². The Bertz CT molecular complexity index is 892. The zero-order valence-corrected chi connectivity index (χ0v) is 19.2. The fourth-order valence-corrected chi connectivity index (χ4v) is 7.48. The van der Waals surface area contributed by atoms with E-state index in [9.17, 15) is 9.90 Å². The van der Waals surface area contributed by atoms with Gasteiger partial charge >= 0.3 is 5.97 Å². The third-order valence-electron chi connectivity index (χ3n) is 8.47. The number of rotatable bonds is 3. The molecule has 3 heterocycles. The predicted octanol–water partition coefficient (Wildman–Crippen LogP) is 4.79. The minimum absolute atomic E-state index is 0.0430. The molecule has 31 heavy (non-hydrogen) atoms. The summed E-state index contributed by atoms with van der Waals surface area (Å²) in [6, 6.07) is 4.13. The number of aliphatic hydroxyl groups is 1. The molecule has 2 saturated carbocycles. The van der Waals surface area contributed by atoms with E-state index in [1.807, 2.05) is 12.1 Å². The molecular weight excluding hydrogens is 412 g/mol. The van der Waals surface area contributed by atoms with Crippen LogP contribution in [0.5, 0.6) is 0 Å². The molecule has 0 spiro atoms. The highest BCUT2D eigenvalue weighted by atomic mass is 32.1. The second-order valence-electron chi connectivity index (χ2n) is 10.1. The van der Waals surface area contributed by atoms with E-state index in [4.69, 9.17) is 14.2 Å². The van der Waals surface area contributed by atoms with Crippen LogP contribution in [0, 0.1) is 22.7 Å². The van der Waals surface area contributed by atoms with Crippen molar-refractivity contribution in [2.45, 2.75) is 64.4 Å². The van der Waals surface area contributed by atoms with E-state index in [0.717, 1.165) is 30.6 Å². The molecule has 7 unspecified atom stereocenters. The molecule has 0 radical (unpaired) electrons. The van der Waals surface area contributed by atoms with Crippen molar-refractivity contribution < 1.29 is 24.1 Å². The molecule has 0 aromatic carbocycles. The smallest absolute Gasteiger partial charge is 0.336 e. The lowest BCUT2D eigenvalue weighted by atomic mass is 9.46. The van der Waals surface area contributed by atoms with Gasteiger partial charge in [0.25, 0.3) is 0 Å². The number of carbonyl (C=O) groups excluding carboxylic acids is 1. The van der Waals surface area contributed by atoms with Gasteiger partial charge in [0.15, 0.2) is 6.29 Å². The average molecular weight is 445 g/mol. The van der Waals surface area contributed by atoms with Gasteiger partial charge in [0, 0.05) is 5.41 Å². The zero-order valence-electron chi connectivity index (χ0n) is 18.3. The predicted molar refractivity (Wildman–Crippen MR) is 118 cm³/mol. The maximum absolute atomic E-state index is 12.0. The summed E-state index contributed by atoms with van der Waals surface area (Å²) in [6.07, 6.45) is 5.88. The molecule has 2 aliphatic heterocycles. The highest BCUT2D eigenvalue weighted by molar-refractivity contribution is 7.10. The first-order valence-corrected chi connectivity index (χ1v) is 12.2. The van der Waals surface area contributed by atoms with Gasteiger partial charge in [0.05, 0.1) is 23.2 Å². The zero-order chi connectivity index (χ0) is 21.8. The molecule has 5 rings (SSSR count). The summed E-state index contributed by atoms with van der Waals surface area (Å²) < 4.78 is 17.8. The number of hydrogen-bond acceptors (Lipinski definition) is 6. The van der Waals surface area contributed by atoms with E-state index in [0.29, 0.717) is 24.5 Å². The van der Waals surface area contributed by atoms with E-state index in [2.05, 4.69) is 31.9 Å². The molecule has 168 valence electrons. The monoisotopic (exact) mass is 444 g/mol. The Labute approximate surface area is 188 Å². The number of esters is 1. The van der Waals surface area contributed by atoms with Gasteiger partial charge in [-0.2, -0.15) is 0 Å². The van der Waals surface area contributed by atoms with Crippen LogP contribution in [0.25, 0.3) is 0 Å².